The largest absolute Gasteiger partial charge is 0.496 e. The van der Waals surface area contributed by atoms with E-state index in [9.17, 15) is 0 Å². The molecule has 1 atom stereocenters. The molecule has 27 heavy (non-hydrogen) atoms. The van der Waals surface area contributed by atoms with E-state index in [0.717, 1.165) is 23.8 Å². The molecule has 2 aromatic carbocycles. The highest BCUT2D eigenvalue weighted by Crippen LogP contribution is 2.17. The fourth-order valence-electron chi connectivity index (χ4n) is 2.62. The molecule has 0 aliphatic heterocycles. The summed E-state index contributed by atoms with van der Waals surface area (Å²) in [6.07, 6.45) is 0. The number of hydrogen-bond donors (Lipinski definition) is 2. The van der Waals surface area contributed by atoms with Crippen LogP contribution in [0.1, 0.15) is 24.0 Å². The van der Waals surface area contributed by atoms with Crippen molar-refractivity contribution in [3.8, 4) is 5.75 Å². The number of rotatable bonds is 9. The molecular weight excluding hydrogens is 453 g/mol. The summed E-state index contributed by atoms with van der Waals surface area (Å²) in [6, 6.07) is 18.4. The standard InChI is InChI=1S/C21H29N3O2.HI/c1-17(18-9-5-4-6-10-18)15-24-21(22-2)23-13-14-26-16-19-11-7-8-12-20(19)25-3;/h4-12,17H,13-16H2,1-3H3,(H2,22,23,24);1H. The molecule has 0 aliphatic rings. The minimum absolute atomic E-state index is 0. The first-order valence-corrected chi connectivity index (χ1v) is 8.93. The van der Waals surface area contributed by atoms with Gasteiger partial charge in [0.25, 0.3) is 0 Å². The average Bonchev–Trinajstić information content (AvgIpc) is 2.70. The number of ether oxygens (including phenoxy) is 2. The third kappa shape index (κ3) is 8.17. The Labute approximate surface area is 179 Å². The van der Waals surface area contributed by atoms with Crippen molar-refractivity contribution in [2.45, 2.75) is 19.4 Å². The average molecular weight is 483 g/mol. The molecule has 0 heterocycles. The third-order valence-electron chi connectivity index (χ3n) is 4.16. The molecule has 1 unspecified atom stereocenters. The van der Waals surface area contributed by atoms with E-state index >= 15 is 0 Å². The van der Waals surface area contributed by atoms with E-state index in [2.05, 4.69) is 46.8 Å². The van der Waals surface area contributed by atoms with Crippen molar-refractivity contribution >= 4 is 29.9 Å². The lowest BCUT2D eigenvalue weighted by Gasteiger charge is -2.16. The lowest BCUT2D eigenvalue weighted by molar-refractivity contribution is 0.123. The van der Waals surface area contributed by atoms with Gasteiger partial charge in [-0.1, -0.05) is 55.5 Å². The number of aliphatic imine (C=N–C) groups is 1. The molecule has 0 amide bonds. The van der Waals surface area contributed by atoms with Gasteiger partial charge in [0.15, 0.2) is 5.96 Å². The lowest BCUT2D eigenvalue weighted by atomic mass is 10.0. The van der Waals surface area contributed by atoms with Crippen LogP contribution in [0.2, 0.25) is 0 Å². The topological polar surface area (TPSA) is 54.9 Å². The molecule has 0 saturated carbocycles. The maximum absolute atomic E-state index is 5.73. The second-order valence-electron chi connectivity index (χ2n) is 6.06. The van der Waals surface area contributed by atoms with E-state index in [-0.39, 0.29) is 24.0 Å². The fourth-order valence-corrected chi connectivity index (χ4v) is 2.62. The van der Waals surface area contributed by atoms with Crippen LogP contribution in [0, 0.1) is 0 Å². The summed E-state index contributed by atoms with van der Waals surface area (Å²) in [5.41, 5.74) is 2.37. The first-order chi connectivity index (χ1) is 12.7. The monoisotopic (exact) mass is 483 g/mol. The molecule has 5 nitrogen and oxygen atoms in total. The summed E-state index contributed by atoms with van der Waals surface area (Å²) in [5.74, 6) is 2.05. The summed E-state index contributed by atoms with van der Waals surface area (Å²) >= 11 is 0. The van der Waals surface area contributed by atoms with Crippen molar-refractivity contribution in [2.75, 3.05) is 33.9 Å². The molecule has 0 aliphatic carbocycles. The quantitative estimate of drug-likeness (QED) is 0.247. The van der Waals surface area contributed by atoms with Crippen molar-refractivity contribution in [3.05, 3.63) is 65.7 Å². The molecule has 0 spiro atoms. The number of benzene rings is 2. The van der Waals surface area contributed by atoms with Gasteiger partial charge in [0, 0.05) is 25.7 Å². The second kappa shape index (κ2) is 13.4. The Hall–Kier alpha value is -1.80. The van der Waals surface area contributed by atoms with Crippen LogP contribution in [-0.4, -0.2) is 39.8 Å². The molecule has 0 aromatic heterocycles. The number of nitrogens with one attached hydrogen (secondary N) is 2. The Morgan fingerprint density at radius 1 is 1.04 bits per heavy atom. The number of hydrogen-bond acceptors (Lipinski definition) is 3. The zero-order valence-corrected chi connectivity index (χ0v) is 18.6. The van der Waals surface area contributed by atoms with Crippen LogP contribution in [0.4, 0.5) is 0 Å². The van der Waals surface area contributed by atoms with Gasteiger partial charge in [-0.3, -0.25) is 4.99 Å². The van der Waals surface area contributed by atoms with Crippen LogP contribution in [0.15, 0.2) is 59.6 Å². The molecule has 2 aromatic rings. The fraction of sp³-hybridized carbons (Fsp3) is 0.381. The molecular formula is C21H30IN3O2. The second-order valence-corrected chi connectivity index (χ2v) is 6.06. The van der Waals surface area contributed by atoms with E-state index in [1.165, 1.54) is 5.56 Å². The molecule has 0 radical (unpaired) electrons. The molecule has 2 N–H and O–H groups in total. The van der Waals surface area contributed by atoms with Crippen molar-refractivity contribution in [2.24, 2.45) is 4.99 Å². The number of halogens is 1. The molecule has 6 heteroatoms. The summed E-state index contributed by atoms with van der Waals surface area (Å²) in [7, 11) is 3.45. The minimum atomic E-state index is 0. The van der Waals surface area contributed by atoms with Gasteiger partial charge >= 0.3 is 0 Å². The van der Waals surface area contributed by atoms with Gasteiger partial charge in [-0.25, -0.2) is 0 Å². The first kappa shape index (κ1) is 23.2. The van der Waals surface area contributed by atoms with Gasteiger partial charge < -0.3 is 20.1 Å². The highest BCUT2D eigenvalue weighted by atomic mass is 127. The molecule has 148 valence electrons. The Morgan fingerprint density at radius 3 is 2.44 bits per heavy atom. The van der Waals surface area contributed by atoms with Crippen molar-refractivity contribution < 1.29 is 9.47 Å². The smallest absolute Gasteiger partial charge is 0.191 e. The Balaban J connectivity index is 0.00000364. The van der Waals surface area contributed by atoms with Crippen LogP contribution >= 0.6 is 24.0 Å². The number of methoxy groups -OCH3 is 1. The van der Waals surface area contributed by atoms with E-state index in [4.69, 9.17) is 9.47 Å². The number of para-hydroxylation sites is 1. The number of nitrogens with zero attached hydrogens (tertiary/aromatic N) is 1. The summed E-state index contributed by atoms with van der Waals surface area (Å²) in [6.45, 7) is 4.84. The first-order valence-electron chi connectivity index (χ1n) is 8.93. The highest BCUT2D eigenvalue weighted by Gasteiger charge is 2.06. The molecule has 0 saturated heterocycles. The van der Waals surface area contributed by atoms with Gasteiger partial charge in [0.1, 0.15) is 5.75 Å². The summed E-state index contributed by atoms with van der Waals surface area (Å²) in [5, 5.41) is 6.63. The summed E-state index contributed by atoms with van der Waals surface area (Å²) in [4.78, 5) is 4.26. The van der Waals surface area contributed by atoms with Crippen LogP contribution < -0.4 is 15.4 Å². The van der Waals surface area contributed by atoms with Gasteiger partial charge in [0.05, 0.1) is 20.3 Å². The normalized spacial score (nSPS) is 12.0. The van der Waals surface area contributed by atoms with Gasteiger partial charge in [0.2, 0.25) is 0 Å². The SMILES string of the molecule is CN=C(NCCOCc1ccccc1OC)NCC(C)c1ccccc1.I. The summed E-state index contributed by atoms with van der Waals surface area (Å²) < 4.78 is 11.1. The van der Waals surface area contributed by atoms with Crippen LogP contribution in [-0.2, 0) is 11.3 Å². The van der Waals surface area contributed by atoms with Gasteiger partial charge in [-0.05, 0) is 17.5 Å². The number of guanidine groups is 1. The zero-order valence-electron chi connectivity index (χ0n) is 16.3. The molecule has 0 fully saturated rings. The predicted octanol–water partition coefficient (Wildman–Crippen LogP) is 3.80. The molecule has 0 bridgehead atoms. The van der Waals surface area contributed by atoms with Gasteiger partial charge in [-0.2, -0.15) is 0 Å². The maximum Gasteiger partial charge on any atom is 0.191 e. The Bertz CT molecular complexity index is 680. The maximum atomic E-state index is 5.73. The minimum Gasteiger partial charge on any atom is -0.496 e. The van der Waals surface area contributed by atoms with E-state index in [1.54, 1.807) is 14.2 Å². The lowest BCUT2D eigenvalue weighted by Crippen LogP contribution is -2.40. The van der Waals surface area contributed by atoms with Crippen LogP contribution in [0.25, 0.3) is 0 Å². The van der Waals surface area contributed by atoms with Gasteiger partial charge in [-0.15, -0.1) is 24.0 Å². The predicted molar refractivity (Wildman–Crippen MR) is 122 cm³/mol. The van der Waals surface area contributed by atoms with E-state index < -0.39 is 0 Å². The van der Waals surface area contributed by atoms with Crippen molar-refractivity contribution in [1.29, 1.82) is 0 Å². The van der Waals surface area contributed by atoms with Crippen LogP contribution in [0.5, 0.6) is 5.75 Å². The molecule has 2 rings (SSSR count). The Morgan fingerprint density at radius 2 is 1.74 bits per heavy atom. The van der Waals surface area contributed by atoms with E-state index in [1.807, 2.05) is 30.3 Å². The highest BCUT2D eigenvalue weighted by molar-refractivity contribution is 14.0. The van der Waals surface area contributed by atoms with Crippen molar-refractivity contribution in [1.82, 2.24) is 10.6 Å². The third-order valence-corrected chi connectivity index (χ3v) is 4.16. The van der Waals surface area contributed by atoms with E-state index in [0.29, 0.717) is 25.7 Å². The van der Waals surface area contributed by atoms with Crippen LogP contribution in [0.3, 0.4) is 0 Å². The van der Waals surface area contributed by atoms with Crippen molar-refractivity contribution in [3.63, 3.8) is 0 Å². The zero-order chi connectivity index (χ0) is 18.6. The Kier molecular flexibility index (Phi) is 11.5.